The molecule has 0 amide bonds. The lowest BCUT2D eigenvalue weighted by Gasteiger charge is -2.26. The summed E-state index contributed by atoms with van der Waals surface area (Å²) >= 11 is 0. The fourth-order valence-electron chi connectivity index (χ4n) is 1.78. The molecule has 3 heteroatoms. The largest absolute Gasteiger partial charge is 0.385 e. The number of rotatable bonds is 4. The average Bonchev–Trinajstić information content (AvgIpc) is 2.27. The third-order valence-corrected chi connectivity index (χ3v) is 2.39. The third-order valence-electron chi connectivity index (χ3n) is 2.39. The van der Waals surface area contributed by atoms with Crippen molar-refractivity contribution < 1.29 is 9.47 Å². The highest BCUT2D eigenvalue weighted by atomic mass is 16.5. The van der Waals surface area contributed by atoms with Crippen molar-refractivity contribution in [2.24, 2.45) is 0 Å². The maximum absolute atomic E-state index is 5.92. The lowest BCUT2D eigenvalue weighted by atomic mass is 10.1. The summed E-state index contributed by atoms with van der Waals surface area (Å²) in [5, 5.41) is 3.40. The molecule has 0 bridgehead atoms. The second-order valence-corrected chi connectivity index (χ2v) is 4.54. The molecule has 1 unspecified atom stereocenters. The molecular formula is C10H21NO2. The summed E-state index contributed by atoms with van der Waals surface area (Å²) in [5.41, 5.74) is -0.177. The SMILES string of the molecule is COCCCC1(C)NCC(C)(C)O1. The van der Waals surface area contributed by atoms with Gasteiger partial charge in [0.15, 0.2) is 0 Å². The van der Waals surface area contributed by atoms with Gasteiger partial charge in [-0.3, -0.25) is 5.32 Å². The Balaban J connectivity index is 2.32. The fourth-order valence-corrected chi connectivity index (χ4v) is 1.78. The van der Waals surface area contributed by atoms with Crippen LogP contribution in [0.5, 0.6) is 0 Å². The molecule has 13 heavy (non-hydrogen) atoms. The standard InChI is InChI=1S/C10H21NO2/c1-9(2)8-11-10(3,13-9)6-5-7-12-4/h11H,5-8H2,1-4H3. The molecule has 1 fully saturated rings. The van der Waals surface area contributed by atoms with Gasteiger partial charge in [-0.2, -0.15) is 0 Å². The van der Waals surface area contributed by atoms with Gasteiger partial charge >= 0.3 is 0 Å². The van der Waals surface area contributed by atoms with Crippen molar-refractivity contribution in [3.05, 3.63) is 0 Å². The smallest absolute Gasteiger partial charge is 0.117 e. The van der Waals surface area contributed by atoms with Crippen LogP contribution >= 0.6 is 0 Å². The minimum atomic E-state index is -0.151. The molecule has 1 aliphatic heterocycles. The zero-order chi connectivity index (χ0) is 9.95. The topological polar surface area (TPSA) is 30.5 Å². The van der Waals surface area contributed by atoms with Crippen LogP contribution in [0.3, 0.4) is 0 Å². The first-order valence-corrected chi connectivity index (χ1v) is 4.92. The molecule has 1 rings (SSSR count). The Hall–Kier alpha value is -0.120. The summed E-state index contributed by atoms with van der Waals surface area (Å²) in [5.74, 6) is 0. The number of methoxy groups -OCH3 is 1. The molecule has 0 radical (unpaired) electrons. The number of hydrogen-bond donors (Lipinski definition) is 1. The number of hydrogen-bond acceptors (Lipinski definition) is 3. The highest BCUT2D eigenvalue weighted by Gasteiger charge is 2.39. The molecule has 0 aromatic heterocycles. The van der Waals surface area contributed by atoms with Crippen molar-refractivity contribution in [1.29, 1.82) is 0 Å². The minimum Gasteiger partial charge on any atom is -0.385 e. The van der Waals surface area contributed by atoms with E-state index in [1.807, 2.05) is 0 Å². The maximum Gasteiger partial charge on any atom is 0.117 e. The van der Waals surface area contributed by atoms with Crippen LogP contribution in [0.1, 0.15) is 33.6 Å². The minimum absolute atomic E-state index is 0.0260. The Kier molecular flexibility index (Phi) is 3.33. The van der Waals surface area contributed by atoms with E-state index in [1.54, 1.807) is 7.11 Å². The zero-order valence-corrected chi connectivity index (χ0v) is 9.14. The molecule has 1 saturated heterocycles. The van der Waals surface area contributed by atoms with Crippen LogP contribution < -0.4 is 5.32 Å². The van der Waals surface area contributed by atoms with Crippen LogP contribution in [-0.2, 0) is 9.47 Å². The van der Waals surface area contributed by atoms with Gasteiger partial charge in [-0.1, -0.05) is 0 Å². The van der Waals surface area contributed by atoms with Gasteiger partial charge in [-0.25, -0.2) is 0 Å². The second-order valence-electron chi connectivity index (χ2n) is 4.54. The molecule has 0 aliphatic carbocycles. The van der Waals surface area contributed by atoms with E-state index in [0.717, 1.165) is 26.0 Å². The van der Waals surface area contributed by atoms with Gasteiger partial charge in [-0.15, -0.1) is 0 Å². The predicted octanol–water partition coefficient (Wildman–Crippen LogP) is 1.53. The fraction of sp³-hybridized carbons (Fsp3) is 1.00. The summed E-state index contributed by atoms with van der Waals surface area (Å²) in [6.07, 6.45) is 2.04. The van der Waals surface area contributed by atoms with Crippen molar-refractivity contribution in [3.8, 4) is 0 Å². The van der Waals surface area contributed by atoms with Gasteiger partial charge in [0.25, 0.3) is 0 Å². The van der Waals surface area contributed by atoms with E-state index in [-0.39, 0.29) is 11.3 Å². The van der Waals surface area contributed by atoms with Crippen LogP contribution in [0.15, 0.2) is 0 Å². The molecule has 1 N–H and O–H groups in total. The Morgan fingerprint density at radius 2 is 2.08 bits per heavy atom. The molecule has 1 heterocycles. The lowest BCUT2D eigenvalue weighted by Crippen LogP contribution is -2.37. The predicted molar refractivity (Wildman–Crippen MR) is 52.7 cm³/mol. The zero-order valence-electron chi connectivity index (χ0n) is 9.14. The van der Waals surface area contributed by atoms with Crippen molar-refractivity contribution in [2.45, 2.75) is 44.9 Å². The van der Waals surface area contributed by atoms with E-state index in [2.05, 4.69) is 26.1 Å². The molecule has 0 spiro atoms. The van der Waals surface area contributed by atoms with Crippen LogP contribution in [0.25, 0.3) is 0 Å². The van der Waals surface area contributed by atoms with Gasteiger partial charge in [0.1, 0.15) is 5.72 Å². The highest BCUT2D eigenvalue weighted by Crippen LogP contribution is 2.28. The van der Waals surface area contributed by atoms with Gasteiger partial charge in [0.05, 0.1) is 5.60 Å². The molecule has 0 aromatic carbocycles. The van der Waals surface area contributed by atoms with Crippen molar-refractivity contribution in [1.82, 2.24) is 5.32 Å². The molecule has 3 nitrogen and oxygen atoms in total. The number of nitrogens with one attached hydrogen (secondary N) is 1. The van der Waals surface area contributed by atoms with Gasteiger partial charge in [-0.05, 0) is 33.6 Å². The van der Waals surface area contributed by atoms with E-state index in [9.17, 15) is 0 Å². The van der Waals surface area contributed by atoms with E-state index < -0.39 is 0 Å². The molecule has 0 aromatic rings. The maximum atomic E-state index is 5.92. The van der Waals surface area contributed by atoms with Crippen LogP contribution in [-0.4, -0.2) is 31.6 Å². The first-order chi connectivity index (χ1) is 5.97. The first-order valence-electron chi connectivity index (χ1n) is 4.92. The first kappa shape index (κ1) is 11.0. The molecule has 0 saturated carbocycles. The van der Waals surface area contributed by atoms with Crippen LogP contribution in [0.2, 0.25) is 0 Å². The molecule has 78 valence electrons. The summed E-state index contributed by atoms with van der Waals surface area (Å²) in [4.78, 5) is 0. The van der Waals surface area contributed by atoms with Gasteiger partial charge in [0, 0.05) is 20.3 Å². The summed E-state index contributed by atoms with van der Waals surface area (Å²) < 4.78 is 10.9. The third kappa shape index (κ3) is 3.25. The Labute approximate surface area is 80.8 Å². The Morgan fingerprint density at radius 3 is 2.54 bits per heavy atom. The Morgan fingerprint density at radius 1 is 1.38 bits per heavy atom. The molecule has 1 atom stereocenters. The summed E-state index contributed by atoms with van der Waals surface area (Å²) in [6, 6.07) is 0. The van der Waals surface area contributed by atoms with Crippen molar-refractivity contribution in [2.75, 3.05) is 20.3 Å². The highest BCUT2D eigenvalue weighted by molar-refractivity contribution is 4.89. The van der Waals surface area contributed by atoms with E-state index in [1.165, 1.54) is 0 Å². The van der Waals surface area contributed by atoms with Gasteiger partial charge < -0.3 is 9.47 Å². The van der Waals surface area contributed by atoms with Crippen LogP contribution in [0, 0.1) is 0 Å². The monoisotopic (exact) mass is 187 g/mol. The van der Waals surface area contributed by atoms with E-state index >= 15 is 0 Å². The lowest BCUT2D eigenvalue weighted by molar-refractivity contribution is -0.0860. The van der Waals surface area contributed by atoms with E-state index in [0.29, 0.717) is 0 Å². The Bertz CT molecular complexity index is 170. The molecular weight excluding hydrogens is 166 g/mol. The average molecular weight is 187 g/mol. The normalized spacial score (nSPS) is 32.3. The van der Waals surface area contributed by atoms with Crippen molar-refractivity contribution in [3.63, 3.8) is 0 Å². The quantitative estimate of drug-likeness (QED) is 0.677. The van der Waals surface area contributed by atoms with Gasteiger partial charge in [0.2, 0.25) is 0 Å². The van der Waals surface area contributed by atoms with Crippen LogP contribution in [0.4, 0.5) is 0 Å². The summed E-state index contributed by atoms with van der Waals surface area (Å²) in [6.45, 7) is 8.07. The van der Waals surface area contributed by atoms with E-state index in [4.69, 9.17) is 9.47 Å². The molecule has 1 aliphatic rings. The summed E-state index contributed by atoms with van der Waals surface area (Å²) in [7, 11) is 1.73. The number of ether oxygens (including phenoxy) is 2. The van der Waals surface area contributed by atoms with Crippen molar-refractivity contribution >= 4 is 0 Å². The second kappa shape index (κ2) is 3.95.